The summed E-state index contributed by atoms with van der Waals surface area (Å²) in [4.78, 5) is 11.9. The number of hydrogen-bond acceptors (Lipinski definition) is 4. The Balaban J connectivity index is 3.52. The molecular formula is C15H32N2O3. The van der Waals surface area contributed by atoms with E-state index in [1.807, 2.05) is 6.92 Å². The van der Waals surface area contributed by atoms with Crippen LogP contribution >= 0.6 is 0 Å². The lowest BCUT2D eigenvalue weighted by atomic mass is 10.1. The Kier molecular flexibility index (Phi) is 12.9. The van der Waals surface area contributed by atoms with Crippen LogP contribution in [0.3, 0.4) is 0 Å². The van der Waals surface area contributed by atoms with Gasteiger partial charge in [-0.3, -0.25) is 4.79 Å². The molecule has 0 aliphatic heterocycles. The van der Waals surface area contributed by atoms with Gasteiger partial charge in [0.2, 0.25) is 5.91 Å². The van der Waals surface area contributed by atoms with Crippen LogP contribution in [0.15, 0.2) is 0 Å². The molecule has 0 aromatic carbocycles. The van der Waals surface area contributed by atoms with Gasteiger partial charge in [-0.15, -0.1) is 0 Å². The van der Waals surface area contributed by atoms with Gasteiger partial charge in [-0.2, -0.15) is 0 Å². The molecule has 0 aliphatic rings. The van der Waals surface area contributed by atoms with Gasteiger partial charge in [-0.05, 0) is 39.2 Å². The third-order valence-electron chi connectivity index (χ3n) is 3.32. The summed E-state index contributed by atoms with van der Waals surface area (Å²) in [6.45, 7) is 8.98. The van der Waals surface area contributed by atoms with Crippen LogP contribution in [-0.4, -0.2) is 51.5 Å². The average molecular weight is 288 g/mol. The van der Waals surface area contributed by atoms with Crippen LogP contribution in [0.5, 0.6) is 0 Å². The molecule has 0 fully saturated rings. The summed E-state index contributed by atoms with van der Waals surface area (Å²) in [7, 11) is 1.67. The quantitative estimate of drug-likeness (QED) is 0.507. The van der Waals surface area contributed by atoms with Crippen molar-refractivity contribution in [1.29, 1.82) is 0 Å². The second-order valence-electron chi connectivity index (χ2n) is 5.01. The number of methoxy groups -OCH3 is 1. The minimum Gasteiger partial charge on any atom is -0.382 e. The van der Waals surface area contributed by atoms with E-state index < -0.39 is 0 Å². The summed E-state index contributed by atoms with van der Waals surface area (Å²) in [5, 5.41) is 6.30. The van der Waals surface area contributed by atoms with Crippen LogP contribution in [0.25, 0.3) is 0 Å². The van der Waals surface area contributed by atoms with Crippen molar-refractivity contribution >= 4 is 5.91 Å². The average Bonchev–Trinajstić information content (AvgIpc) is 2.46. The topological polar surface area (TPSA) is 59.6 Å². The predicted molar refractivity (Wildman–Crippen MR) is 81.9 cm³/mol. The van der Waals surface area contributed by atoms with E-state index in [4.69, 9.17) is 9.47 Å². The fourth-order valence-electron chi connectivity index (χ4n) is 1.80. The number of carbonyl (C=O) groups excluding carboxylic acids is 1. The highest BCUT2D eigenvalue weighted by Crippen LogP contribution is 1.97. The van der Waals surface area contributed by atoms with Gasteiger partial charge in [-0.1, -0.05) is 13.8 Å². The van der Waals surface area contributed by atoms with Gasteiger partial charge in [0.25, 0.3) is 0 Å². The maximum atomic E-state index is 11.9. The molecule has 0 radical (unpaired) electrons. The van der Waals surface area contributed by atoms with Crippen LogP contribution in [-0.2, 0) is 14.3 Å². The van der Waals surface area contributed by atoms with Gasteiger partial charge in [0.1, 0.15) is 0 Å². The van der Waals surface area contributed by atoms with Crippen molar-refractivity contribution in [3.63, 3.8) is 0 Å². The highest BCUT2D eigenvalue weighted by molar-refractivity contribution is 5.81. The zero-order valence-electron chi connectivity index (χ0n) is 13.5. The first-order chi connectivity index (χ1) is 9.65. The molecule has 0 spiro atoms. The van der Waals surface area contributed by atoms with Gasteiger partial charge in [0, 0.05) is 19.8 Å². The first-order valence-electron chi connectivity index (χ1n) is 7.76. The zero-order valence-corrected chi connectivity index (χ0v) is 13.5. The predicted octanol–water partition coefficient (Wildman–Crippen LogP) is 1.71. The summed E-state index contributed by atoms with van der Waals surface area (Å²) in [5.41, 5.74) is 0. The Bertz CT molecular complexity index is 233. The normalized spacial score (nSPS) is 12.7. The van der Waals surface area contributed by atoms with E-state index in [9.17, 15) is 4.79 Å². The highest BCUT2D eigenvalue weighted by Gasteiger charge is 2.14. The Morgan fingerprint density at radius 1 is 1.10 bits per heavy atom. The Morgan fingerprint density at radius 3 is 2.40 bits per heavy atom. The number of nitrogens with one attached hydrogen (secondary N) is 2. The SMILES string of the molecule is CCC(CC)NC(=O)C(C)NCCCCOCCOC. The third-order valence-corrected chi connectivity index (χ3v) is 3.32. The van der Waals surface area contributed by atoms with Crippen LogP contribution in [0.2, 0.25) is 0 Å². The van der Waals surface area contributed by atoms with Gasteiger partial charge in [0.05, 0.1) is 19.3 Å². The fourth-order valence-corrected chi connectivity index (χ4v) is 1.80. The molecule has 0 rings (SSSR count). The smallest absolute Gasteiger partial charge is 0.237 e. The lowest BCUT2D eigenvalue weighted by Crippen LogP contribution is -2.46. The second kappa shape index (κ2) is 13.3. The molecule has 0 aliphatic carbocycles. The van der Waals surface area contributed by atoms with E-state index in [2.05, 4.69) is 24.5 Å². The first-order valence-corrected chi connectivity index (χ1v) is 7.76. The van der Waals surface area contributed by atoms with Crippen LogP contribution in [0, 0.1) is 0 Å². The molecule has 20 heavy (non-hydrogen) atoms. The van der Waals surface area contributed by atoms with Crippen molar-refractivity contribution in [3.05, 3.63) is 0 Å². The molecule has 0 heterocycles. The molecule has 0 aromatic rings. The van der Waals surface area contributed by atoms with Crippen molar-refractivity contribution in [2.75, 3.05) is 33.5 Å². The molecule has 0 bridgehead atoms. The van der Waals surface area contributed by atoms with Crippen molar-refractivity contribution in [3.8, 4) is 0 Å². The maximum absolute atomic E-state index is 11.9. The largest absolute Gasteiger partial charge is 0.382 e. The summed E-state index contributed by atoms with van der Waals surface area (Å²) < 4.78 is 10.3. The van der Waals surface area contributed by atoms with Gasteiger partial charge in [-0.25, -0.2) is 0 Å². The number of hydrogen-bond donors (Lipinski definition) is 2. The Hall–Kier alpha value is -0.650. The van der Waals surface area contributed by atoms with Crippen molar-refractivity contribution in [2.24, 2.45) is 0 Å². The summed E-state index contributed by atoms with van der Waals surface area (Å²) >= 11 is 0. The summed E-state index contributed by atoms with van der Waals surface area (Å²) in [6, 6.07) is 0.158. The number of ether oxygens (including phenoxy) is 2. The van der Waals surface area contributed by atoms with Crippen molar-refractivity contribution < 1.29 is 14.3 Å². The third kappa shape index (κ3) is 10.2. The van der Waals surface area contributed by atoms with E-state index >= 15 is 0 Å². The minimum absolute atomic E-state index is 0.0926. The molecular weight excluding hydrogens is 256 g/mol. The van der Waals surface area contributed by atoms with Gasteiger partial charge >= 0.3 is 0 Å². The number of carbonyl (C=O) groups is 1. The Labute approximate surface area is 123 Å². The highest BCUT2D eigenvalue weighted by atomic mass is 16.5. The second-order valence-corrected chi connectivity index (χ2v) is 5.01. The first kappa shape index (κ1) is 19.4. The van der Waals surface area contributed by atoms with E-state index in [-0.39, 0.29) is 11.9 Å². The molecule has 0 saturated carbocycles. The summed E-state index contributed by atoms with van der Waals surface area (Å²) in [5.74, 6) is 0.0926. The molecule has 0 saturated heterocycles. The van der Waals surface area contributed by atoms with Crippen LogP contribution in [0.1, 0.15) is 46.5 Å². The Morgan fingerprint density at radius 2 is 1.80 bits per heavy atom. The van der Waals surface area contributed by atoms with E-state index in [0.717, 1.165) is 38.8 Å². The molecule has 1 unspecified atom stereocenters. The molecule has 1 atom stereocenters. The lowest BCUT2D eigenvalue weighted by molar-refractivity contribution is -0.123. The monoisotopic (exact) mass is 288 g/mol. The van der Waals surface area contributed by atoms with E-state index in [1.54, 1.807) is 7.11 Å². The molecule has 5 nitrogen and oxygen atoms in total. The number of amides is 1. The molecule has 120 valence electrons. The molecule has 5 heteroatoms. The van der Waals surface area contributed by atoms with Crippen molar-refractivity contribution in [1.82, 2.24) is 10.6 Å². The van der Waals surface area contributed by atoms with E-state index in [1.165, 1.54) is 0 Å². The van der Waals surface area contributed by atoms with Crippen LogP contribution < -0.4 is 10.6 Å². The number of rotatable bonds is 13. The fraction of sp³-hybridized carbons (Fsp3) is 0.933. The van der Waals surface area contributed by atoms with E-state index in [0.29, 0.717) is 19.3 Å². The van der Waals surface area contributed by atoms with Gasteiger partial charge in [0.15, 0.2) is 0 Å². The molecule has 1 amide bonds. The van der Waals surface area contributed by atoms with Gasteiger partial charge < -0.3 is 20.1 Å². The van der Waals surface area contributed by atoms with Crippen LogP contribution in [0.4, 0.5) is 0 Å². The molecule has 2 N–H and O–H groups in total. The van der Waals surface area contributed by atoms with Crippen molar-refractivity contribution in [2.45, 2.75) is 58.5 Å². The lowest BCUT2D eigenvalue weighted by Gasteiger charge is -2.19. The maximum Gasteiger partial charge on any atom is 0.237 e. The minimum atomic E-state index is -0.134. The zero-order chi connectivity index (χ0) is 15.2. The summed E-state index contributed by atoms with van der Waals surface area (Å²) in [6.07, 6.45) is 3.97. The molecule has 0 aromatic heterocycles. The standard InChI is InChI=1S/C15H32N2O3/c1-5-14(6-2)17-15(18)13(3)16-9-7-8-10-20-12-11-19-4/h13-14,16H,5-12H2,1-4H3,(H,17,18). The number of unbranched alkanes of at least 4 members (excludes halogenated alkanes) is 1.